The summed E-state index contributed by atoms with van der Waals surface area (Å²) < 4.78 is 23.3. The molecule has 2 N–H and O–H groups in total. The Balaban J connectivity index is 0.715. The number of piperidine rings is 2. The van der Waals surface area contributed by atoms with Crippen LogP contribution in [-0.2, 0) is 24.6 Å². The number of amides is 6. The number of nitrogens with zero attached hydrogens (tertiary/aromatic N) is 9. The van der Waals surface area contributed by atoms with Crippen LogP contribution in [0.15, 0.2) is 73.2 Å². The van der Waals surface area contributed by atoms with Crippen molar-refractivity contribution in [3.05, 3.63) is 84.6 Å². The largest absolute Gasteiger partial charge is 0.474 e. The summed E-state index contributed by atoms with van der Waals surface area (Å²) in [7, 11) is 0. The first-order chi connectivity index (χ1) is 36.4. The van der Waals surface area contributed by atoms with Crippen molar-refractivity contribution in [2.24, 2.45) is 11.8 Å². The summed E-state index contributed by atoms with van der Waals surface area (Å²) in [5.41, 5.74) is 5.08. The van der Waals surface area contributed by atoms with Gasteiger partial charge in [-0.25, -0.2) is 24.1 Å². The van der Waals surface area contributed by atoms with Crippen molar-refractivity contribution < 1.29 is 33.1 Å². The van der Waals surface area contributed by atoms with Gasteiger partial charge in [-0.3, -0.25) is 29.4 Å². The number of rotatable bonds is 11. The van der Waals surface area contributed by atoms with Gasteiger partial charge in [0, 0.05) is 80.5 Å². The highest BCUT2D eigenvalue weighted by Crippen LogP contribution is 2.52. The second kappa shape index (κ2) is 20.0. The van der Waals surface area contributed by atoms with Crippen molar-refractivity contribution in [3.8, 4) is 17.1 Å². The number of ether oxygens (including phenoxy) is 1. The van der Waals surface area contributed by atoms with Crippen LogP contribution in [0.5, 0.6) is 5.88 Å². The summed E-state index contributed by atoms with van der Waals surface area (Å²) in [6.07, 6.45) is 13.5. The normalized spacial score (nSPS) is 25.0. The van der Waals surface area contributed by atoms with Gasteiger partial charge >= 0.3 is 6.03 Å². The number of halogens is 1. The smallest absolute Gasteiger partial charge is 0.328 e. The van der Waals surface area contributed by atoms with E-state index in [4.69, 9.17) is 14.7 Å². The molecule has 1 spiro atoms. The number of urea groups is 1. The minimum Gasteiger partial charge on any atom is -0.474 e. The van der Waals surface area contributed by atoms with Crippen LogP contribution < -0.4 is 25.2 Å². The predicted octanol–water partition coefficient (Wildman–Crippen LogP) is 8.11. The fraction of sp³-hybridized carbons (Fsp3) is 0.509. The lowest BCUT2D eigenvalue weighted by Crippen LogP contribution is -2.58. The zero-order chi connectivity index (χ0) is 51.5. The molecule has 2 saturated carbocycles. The minimum atomic E-state index is -0.764. The van der Waals surface area contributed by atoms with Gasteiger partial charge in [-0.1, -0.05) is 30.7 Å². The van der Waals surface area contributed by atoms with Crippen LogP contribution in [0.4, 0.5) is 32.1 Å². The van der Waals surface area contributed by atoms with E-state index in [1.54, 1.807) is 42.9 Å². The number of hydrogen-bond acceptors (Lipinski definition) is 11. The molecule has 7 aliphatic rings. The Labute approximate surface area is 436 Å². The number of pyridine rings is 2. The Morgan fingerprint density at radius 3 is 2.32 bits per heavy atom. The monoisotopic (exact) mass is 1020 g/mol. The average Bonchev–Trinajstić information content (AvgIpc) is 4.16. The van der Waals surface area contributed by atoms with Crippen LogP contribution in [0.1, 0.15) is 109 Å². The van der Waals surface area contributed by atoms with E-state index in [0.717, 1.165) is 53.8 Å². The Morgan fingerprint density at radius 1 is 0.813 bits per heavy atom. The maximum absolute atomic E-state index is 15.3. The van der Waals surface area contributed by atoms with Crippen LogP contribution in [0.2, 0.25) is 0 Å². The molecule has 4 saturated heterocycles. The molecular formula is C57H66FN11O6. The molecule has 2 aliphatic carbocycles. The highest BCUT2D eigenvalue weighted by Gasteiger charge is 2.56. The molecule has 8 heterocycles. The van der Waals surface area contributed by atoms with Crippen molar-refractivity contribution in [3.63, 3.8) is 0 Å². The molecule has 12 rings (SSSR count). The number of nitrogens with one attached hydrogen (secondary N) is 2. The summed E-state index contributed by atoms with van der Waals surface area (Å²) in [6.45, 7) is 8.54. The molecular weight excluding hydrogens is 954 g/mol. The van der Waals surface area contributed by atoms with Crippen molar-refractivity contribution in [2.75, 3.05) is 60.9 Å². The van der Waals surface area contributed by atoms with Crippen LogP contribution in [0.25, 0.3) is 22.3 Å². The van der Waals surface area contributed by atoms with Crippen molar-refractivity contribution in [1.82, 2.24) is 39.5 Å². The van der Waals surface area contributed by atoms with Gasteiger partial charge in [0.15, 0.2) is 5.82 Å². The summed E-state index contributed by atoms with van der Waals surface area (Å²) in [5.74, 6) is 0.149. The maximum atomic E-state index is 15.3. The van der Waals surface area contributed by atoms with E-state index >= 15 is 9.18 Å². The van der Waals surface area contributed by atoms with Crippen LogP contribution in [0.3, 0.4) is 0 Å². The molecule has 0 unspecified atom stereocenters. The van der Waals surface area contributed by atoms with Gasteiger partial charge in [0.2, 0.25) is 29.5 Å². The number of aromatic nitrogens is 4. The molecule has 75 heavy (non-hydrogen) atoms. The molecule has 2 aromatic carbocycles. The molecule has 18 heteroatoms. The van der Waals surface area contributed by atoms with Crippen LogP contribution in [0, 0.1) is 17.7 Å². The molecule has 5 aliphatic heterocycles. The SMILES string of the molecule is CC(C)n1cnc2cc(-c3ccc4c(c3)N(C3CC(N5CCCCC5)C3)C(=O)C43CCN(C(=O)[C@@H]4CCN(C(=O)C5CCC(Oc6ccc(N7CCC(=O)NC7=O)cn6)CC5)C4)CC3)nc(Nc3ccccc3F)c21. The molecule has 6 amide bonds. The van der Waals surface area contributed by atoms with Gasteiger partial charge in [0.05, 0.1) is 46.4 Å². The maximum Gasteiger partial charge on any atom is 0.328 e. The number of fused-ring (bicyclic) bond motifs is 3. The third-order valence-corrected chi connectivity index (χ3v) is 17.5. The molecule has 3 aromatic heterocycles. The number of hydrogen-bond donors (Lipinski definition) is 2. The minimum absolute atomic E-state index is 0.0626. The lowest BCUT2D eigenvalue weighted by Gasteiger charge is -2.48. The van der Waals surface area contributed by atoms with Crippen LogP contribution in [-0.4, -0.2) is 128 Å². The summed E-state index contributed by atoms with van der Waals surface area (Å²) in [6, 6.07) is 18.5. The van der Waals surface area contributed by atoms with Gasteiger partial charge in [-0.15, -0.1) is 0 Å². The van der Waals surface area contributed by atoms with E-state index in [-0.39, 0.29) is 65.9 Å². The number of imide groups is 1. The molecule has 17 nitrogen and oxygen atoms in total. The summed E-state index contributed by atoms with van der Waals surface area (Å²) in [5, 5.41) is 5.60. The van der Waals surface area contributed by atoms with E-state index in [1.807, 2.05) is 20.4 Å². The number of para-hydroxylation sites is 1. The van der Waals surface area contributed by atoms with E-state index < -0.39 is 11.4 Å². The Kier molecular flexibility index (Phi) is 13.0. The number of imidazole rings is 1. The first kappa shape index (κ1) is 49.0. The molecule has 0 bridgehead atoms. The number of carbonyl (C=O) groups is 5. The van der Waals surface area contributed by atoms with Crippen LogP contribution >= 0.6 is 0 Å². The highest BCUT2D eigenvalue weighted by molar-refractivity contribution is 6.10. The van der Waals surface area contributed by atoms with Crippen molar-refractivity contribution >= 4 is 63.6 Å². The Morgan fingerprint density at radius 2 is 1.59 bits per heavy atom. The van der Waals surface area contributed by atoms with Gasteiger partial charge in [0.1, 0.15) is 17.4 Å². The topological polar surface area (TPSA) is 178 Å². The van der Waals surface area contributed by atoms with E-state index in [0.29, 0.717) is 112 Å². The quantitative estimate of drug-likeness (QED) is 0.131. The van der Waals surface area contributed by atoms with E-state index in [1.165, 1.54) is 30.2 Å². The third kappa shape index (κ3) is 9.15. The molecule has 0 radical (unpaired) electrons. The molecule has 5 aromatic rings. The third-order valence-electron chi connectivity index (χ3n) is 17.5. The lowest BCUT2D eigenvalue weighted by molar-refractivity contribution is -0.140. The van der Waals surface area contributed by atoms with Gasteiger partial charge in [-0.05, 0) is 133 Å². The number of carbonyl (C=O) groups excluding carboxylic acids is 5. The first-order valence-corrected chi connectivity index (χ1v) is 27.3. The number of likely N-dealkylation sites (tertiary alicyclic amines) is 3. The van der Waals surface area contributed by atoms with Gasteiger partial charge in [-0.2, -0.15) is 0 Å². The number of benzene rings is 2. The molecule has 392 valence electrons. The molecule has 6 fully saturated rings. The second-order valence-electron chi connectivity index (χ2n) is 22.2. The van der Waals surface area contributed by atoms with Crippen molar-refractivity contribution in [1.29, 1.82) is 0 Å². The van der Waals surface area contributed by atoms with E-state index in [2.05, 4.69) is 57.5 Å². The summed E-state index contributed by atoms with van der Waals surface area (Å²) in [4.78, 5) is 91.7. The Bertz CT molecular complexity index is 3030. The van der Waals surface area contributed by atoms with Crippen molar-refractivity contribution in [2.45, 2.75) is 127 Å². The van der Waals surface area contributed by atoms with Gasteiger partial charge in [0.25, 0.3) is 0 Å². The molecule has 1 atom stereocenters. The fourth-order valence-corrected chi connectivity index (χ4v) is 13.1. The number of anilines is 4. The predicted molar refractivity (Wildman–Crippen MR) is 281 cm³/mol. The first-order valence-electron chi connectivity index (χ1n) is 27.3. The zero-order valence-corrected chi connectivity index (χ0v) is 42.9. The Hall–Kier alpha value is -6.95. The van der Waals surface area contributed by atoms with Gasteiger partial charge < -0.3 is 34.2 Å². The average molecular weight is 1020 g/mol. The summed E-state index contributed by atoms with van der Waals surface area (Å²) >= 11 is 0. The standard InChI is InChI=1S/C57H66FN11O6/c1-35(2)68-34-60-47-31-46(62-52(51(47)68)61-45-9-5-4-8-44(45)58)37-12-16-43-48(28-37)69(41-29-40(30-41)64-22-6-3-7-23-64)55(73)57(43)20-26-65(27-21-57)54(72)38-18-24-66(33-38)53(71)36-10-14-42(15-11-36)75-50-17-13-39(32-59-50)67-25-19-49(70)63-56(67)74/h4-5,8-9,12-13,16-17,28,31-32,34-36,38,40-42H,3,6-7,10-11,14-15,18-27,29-30,33H2,1-2H3,(H,61,62)(H,63,70,74)/t36?,38-,40?,41?,42?/m1/s1. The highest BCUT2D eigenvalue weighted by atomic mass is 19.1. The van der Waals surface area contributed by atoms with E-state index in [9.17, 15) is 19.2 Å². The fourth-order valence-electron chi connectivity index (χ4n) is 13.1. The lowest BCUT2D eigenvalue weighted by atomic mass is 9.73. The second-order valence-corrected chi connectivity index (χ2v) is 22.2. The zero-order valence-electron chi connectivity index (χ0n) is 42.9.